The summed E-state index contributed by atoms with van der Waals surface area (Å²) in [6, 6.07) is 11.9. The molecule has 6 nitrogen and oxygen atoms in total. The van der Waals surface area contributed by atoms with Gasteiger partial charge in [-0.1, -0.05) is 24.3 Å². The number of hydrogen-bond acceptors (Lipinski definition) is 3. The van der Waals surface area contributed by atoms with E-state index in [1.807, 2.05) is 18.2 Å². The average molecular weight is 297 g/mol. The highest BCUT2D eigenvalue weighted by Crippen LogP contribution is 2.21. The van der Waals surface area contributed by atoms with E-state index in [0.29, 0.717) is 11.5 Å². The second-order valence-corrected chi connectivity index (χ2v) is 4.58. The number of carbonyl (C=O) groups is 2. The predicted molar refractivity (Wildman–Crippen MR) is 84.3 cm³/mol. The fraction of sp³-hybridized carbons (Fsp3) is 0.0625. The minimum Gasteiger partial charge on any atom is -0.478 e. The van der Waals surface area contributed by atoms with E-state index in [2.05, 4.69) is 4.98 Å². The lowest BCUT2D eigenvalue weighted by atomic mass is 10.1. The highest BCUT2D eigenvalue weighted by atomic mass is 16.4. The summed E-state index contributed by atoms with van der Waals surface area (Å²) in [7, 11) is 1.54. The number of nitrogens with two attached hydrogens (primary N) is 1. The van der Waals surface area contributed by atoms with Gasteiger partial charge in [-0.25, -0.2) is 14.6 Å². The molecular formula is C16H15N3O3. The number of pyridine rings is 1. The van der Waals surface area contributed by atoms with Gasteiger partial charge in [-0.2, -0.15) is 0 Å². The fourth-order valence-corrected chi connectivity index (χ4v) is 1.85. The molecule has 1 aromatic carbocycles. The standard InChI is InChI=1S/C16H15N3O3/c1-19(16(17)22)14-7-3-6-13(18-14)12-5-2-4-11(10-12)8-9-15(20)21/h2-10H,1H3,(H2,17,22)(H,20,21). The Morgan fingerprint density at radius 3 is 2.64 bits per heavy atom. The van der Waals surface area contributed by atoms with E-state index in [1.165, 1.54) is 11.0 Å². The Morgan fingerprint density at radius 1 is 1.23 bits per heavy atom. The number of benzene rings is 1. The number of aliphatic carboxylic acids is 1. The van der Waals surface area contributed by atoms with E-state index in [-0.39, 0.29) is 0 Å². The zero-order valence-electron chi connectivity index (χ0n) is 11.9. The maximum absolute atomic E-state index is 11.2. The number of nitrogens with zero attached hydrogens (tertiary/aromatic N) is 2. The molecule has 1 aromatic heterocycles. The highest BCUT2D eigenvalue weighted by Gasteiger charge is 2.09. The van der Waals surface area contributed by atoms with Crippen molar-refractivity contribution in [1.82, 2.24) is 4.98 Å². The molecule has 0 spiro atoms. The number of amides is 2. The van der Waals surface area contributed by atoms with Crippen LogP contribution in [0, 0.1) is 0 Å². The molecule has 0 saturated heterocycles. The first-order valence-electron chi connectivity index (χ1n) is 6.49. The molecule has 0 aliphatic heterocycles. The Hall–Kier alpha value is -3.15. The summed E-state index contributed by atoms with van der Waals surface area (Å²) in [6.45, 7) is 0. The first kappa shape index (κ1) is 15.2. The molecule has 2 amide bonds. The van der Waals surface area contributed by atoms with Gasteiger partial charge in [-0.05, 0) is 29.8 Å². The van der Waals surface area contributed by atoms with Crippen molar-refractivity contribution in [3.05, 3.63) is 54.1 Å². The average Bonchev–Trinajstić information content (AvgIpc) is 2.52. The molecule has 0 bridgehead atoms. The Labute approximate surface area is 127 Å². The minimum atomic E-state index is -1.01. The third kappa shape index (κ3) is 3.69. The highest BCUT2D eigenvalue weighted by molar-refractivity contribution is 5.89. The number of carboxylic acids is 1. The van der Waals surface area contributed by atoms with E-state index in [0.717, 1.165) is 17.2 Å². The summed E-state index contributed by atoms with van der Waals surface area (Å²) in [5.41, 5.74) is 7.45. The summed E-state index contributed by atoms with van der Waals surface area (Å²) in [6.07, 6.45) is 2.58. The second kappa shape index (κ2) is 6.53. The number of carboxylic acid groups (broad SMARTS) is 1. The van der Waals surface area contributed by atoms with Crippen molar-refractivity contribution < 1.29 is 14.7 Å². The third-order valence-corrected chi connectivity index (χ3v) is 3.01. The Balaban J connectivity index is 2.36. The number of carbonyl (C=O) groups excluding carboxylic acids is 1. The van der Waals surface area contributed by atoms with Gasteiger partial charge >= 0.3 is 12.0 Å². The topological polar surface area (TPSA) is 96.5 Å². The molecule has 2 aromatic rings. The zero-order valence-corrected chi connectivity index (χ0v) is 11.9. The number of anilines is 1. The van der Waals surface area contributed by atoms with Gasteiger partial charge in [0, 0.05) is 18.7 Å². The molecule has 0 aliphatic rings. The number of hydrogen-bond donors (Lipinski definition) is 2. The maximum atomic E-state index is 11.2. The summed E-state index contributed by atoms with van der Waals surface area (Å²) in [5, 5.41) is 8.66. The van der Waals surface area contributed by atoms with Crippen molar-refractivity contribution in [3.63, 3.8) is 0 Å². The van der Waals surface area contributed by atoms with Gasteiger partial charge in [-0.15, -0.1) is 0 Å². The molecule has 0 saturated carbocycles. The fourth-order valence-electron chi connectivity index (χ4n) is 1.85. The lowest BCUT2D eigenvalue weighted by Gasteiger charge is -2.14. The van der Waals surface area contributed by atoms with Crippen molar-refractivity contribution in [1.29, 1.82) is 0 Å². The maximum Gasteiger partial charge on any atom is 0.328 e. The third-order valence-electron chi connectivity index (χ3n) is 3.01. The van der Waals surface area contributed by atoms with Gasteiger partial charge in [0.2, 0.25) is 0 Å². The molecule has 0 atom stereocenters. The quantitative estimate of drug-likeness (QED) is 0.847. The van der Waals surface area contributed by atoms with Crippen LogP contribution >= 0.6 is 0 Å². The van der Waals surface area contributed by atoms with Crippen LogP contribution in [0.1, 0.15) is 5.56 Å². The van der Waals surface area contributed by atoms with Gasteiger partial charge < -0.3 is 10.8 Å². The van der Waals surface area contributed by atoms with Crippen molar-refractivity contribution in [3.8, 4) is 11.3 Å². The summed E-state index contributed by atoms with van der Waals surface area (Å²) in [5.74, 6) is -0.565. The van der Waals surface area contributed by atoms with E-state index < -0.39 is 12.0 Å². The predicted octanol–water partition coefficient (Wildman–Crippen LogP) is 2.36. The molecule has 0 aliphatic carbocycles. The monoisotopic (exact) mass is 297 g/mol. The van der Waals surface area contributed by atoms with Crippen LogP contribution in [0.25, 0.3) is 17.3 Å². The van der Waals surface area contributed by atoms with E-state index in [9.17, 15) is 9.59 Å². The van der Waals surface area contributed by atoms with E-state index in [4.69, 9.17) is 10.8 Å². The lowest BCUT2D eigenvalue weighted by molar-refractivity contribution is -0.131. The van der Waals surface area contributed by atoms with Crippen LogP contribution in [0.4, 0.5) is 10.6 Å². The molecular weight excluding hydrogens is 282 g/mol. The number of urea groups is 1. The molecule has 0 unspecified atom stereocenters. The van der Waals surface area contributed by atoms with Crippen molar-refractivity contribution in [2.45, 2.75) is 0 Å². The summed E-state index contributed by atoms with van der Waals surface area (Å²) in [4.78, 5) is 27.4. The van der Waals surface area contributed by atoms with E-state index >= 15 is 0 Å². The smallest absolute Gasteiger partial charge is 0.328 e. The van der Waals surface area contributed by atoms with Gasteiger partial charge in [0.1, 0.15) is 5.82 Å². The van der Waals surface area contributed by atoms with Crippen LogP contribution in [0.15, 0.2) is 48.5 Å². The molecule has 22 heavy (non-hydrogen) atoms. The summed E-state index contributed by atoms with van der Waals surface area (Å²) >= 11 is 0. The SMILES string of the molecule is CN(C(N)=O)c1cccc(-c2cccc(C=CC(=O)O)c2)n1. The first-order chi connectivity index (χ1) is 10.5. The normalized spacial score (nSPS) is 10.6. The number of rotatable bonds is 4. The number of aromatic nitrogens is 1. The molecule has 1 heterocycles. The molecule has 0 radical (unpaired) electrons. The Bertz CT molecular complexity index is 741. The van der Waals surface area contributed by atoms with Gasteiger partial charge in [0.15, 0.2) is 0 Å². The molecule has 0 fully saturated rings. The largest absolute Gasteiger partial charge is 0.478 e. The van der Waals surface area contributed by atoms with Gasteiger partial charge in [0.25, 0.3) is 0 Å². The zero-order chi connectivity index (χ0) is 16.1. The molecule has 2 rings (SSSR count). The summed E-state index contributed by atoms with van der Waals surface area (Å²) < 4.78 is 0. The second-order valence-electron chi connectivity index (χ2n) is 4.58. The lowest BCUT2D eigenvalue weighted by Crippen LogP contribution is -2.32. The van der Waals surface area contributed by atoms with Crippen LogP contribution in [-0.4, -0.2) is 29.1 Å². The number of primary amides is 1. The molecule has 3 N–H and O–H groups in total. The van der Waals surface area contributed by atoms with Crippen LogP contribution < -0.4 is 10.6 Å². The Kier molecular flexibility index (Phi) is 4.53. The molecule has 6 heteroatoms. The Morgan fingerprint density at radius 2 is 1.95 bits per heavy atom. The van der Waals surface area contributed by atoms with Crippen molar-refractivity contribution in [2.24, 2.45) is 5.73 Å². The molecule has 112 valence electrons. The van der Waals surface area contributed by atoms with Crippen LogP contribution in [-0.2, 0) is 4.79 Å². The first-order valence-corrected chi connectivity index (χ1v) is 6.49. The van der Waals surface area contributed by atoms with Crippen LogP contribution in [0.2, 0.25) is 0 Å². The van der Waals surface area contributed by atoms with Gasteiger partial charge in [-0.3, -0.25) is 4.90 Å². The van der Waals surface area contributed by atoms with Gasteiger partial charge in [0.05, 0.1) is 5.69 Å². The van der Waals surface area contributed by atoms with Crippen LogP contribution in [0.3, 0.4) is 0 Å². The van der Waals surface area contributed by atoms with E-state index in [1.54, 1.807) is 31.3 Å². The minimum absolute atomic E-state index is 0.441. The van der Waals surface area contributed by atoms with Crippen LogP contribution in [0.5, 0.6) is 0 Å². The van der Waals surface area contributed by atoms with Crippen molar-refractivity contribution in [2.75, 3.05) is 11.9 Å². The van der Waals surface area contributed by atoms with Crippen molar-refractivity contribution >= 4 is 23.9 Å².